The Kier molecular flexibility index (Phi) is 6.45. The van der Waals surface area contributed by atoms with Crippen molar-refractivity contribution < 1.29 is 14.7 Å². The minimum atomic E-state index is -0.791. The van der Waals surface area contributed by atoms with Gasteiger partial charge in [0.1, 0.15) is 0 Å². The van der Waals surface area contributed by atoms with Crippen molar-refractivity contribution in [3.05, 3.63) is 11.6 Å². The lowest BCUT2D eigenvalue weighted by molar-refractivity contribution is -0.137. The summed E-state index contributed by atoms with van der Waals surface area (Å²) >= 11 is 0. The van der Waals surface area contributed by atoms with Crippen LogP contribution in [0.1, 0.15) is 33.1 Å². The summed E-state index contributed by atoms with van der Waals surface area (Å²) < 4.78 is 0. The number of hydrogen-bond donors (Lipinski definition) is 2. The van der Waals surface area contributed by atoms with Gasteiger partial charge in [0.25, 0.3) is 0 Å². The van der Waals surface area contributed by atoms with Crippen LogP contribution in [0.3, 0.4) is 0 Å². The maximum Gasteiger partial charge on any atom is 0.303 e. The van der Waals surface area contributed by atoms with Gasteiger partial charge in [-0.05, 0) is 26.7 Å². The predicted molar refractivity (Wildman–Crippen MR) is 53.9 cm³/mol. The summed E-state index contributed by atoms with van der Waals surface area (Å²) in [6.07, 6.45) is 2.99. The summed E-state index contributed by atoms with van der Waals surface area (Å²) in [4.78, 5) is 21.2. The minimum Gasteiger partial charge on any atom is -0.481 e. The Balaban J connectivity index is 3.41. The van der Waals surface area contributed by atoms with Gasteiger partial charge in [-0.15, -0.1) is 0 Å². The quantitative estimate of drug-likeness (QED) is 0.501. The van der Waals surface area contributed by atoms with Gasteiger partial charge < -0.3 is 10.4 Å². The molecule has 0 aliphatic heterocycles. The van der Waals surface area contributed by atoms with E-state index in [1.54, 1.807) is 0 Å². The lowest BCUT2D eigenvalue weighted by Gasteiger charge is -2.00. The number of rotatable bonds is 6. The summed E-state index contributed by atoms with van der Waals surface area (Å²) in [5, 5.41) is 11.0. The van der Waals surface area contributed by atoms with Crippen LogP contribution in [0.4, 0.5) is 0 Å². The number of unbranched alkanes of at least 4 members (excludes halogenated alkanes) is 1. The van der Waals surface area contributed by atoms with Crippen LogP contribution < -0.4 is 5.32 Å². The number of carboxylic acid groups (broad SMARTS) is 1. The smallest absolute Gasteiger partial charge is 0.303 e. The van der Waals surface area contributed by atoms with E-state index in [9.17, 15) is 9.59 Å². The third kappa shape index (κ3) is 8.77. The van der Waals surface area contributed by atoms with Gasteiger partial charge in [-0.1, -0.05) is 5.57 Å². The van der Waals surface area contributed by atoms with Crippen molar-refractivity contribution in [3.8, 4) is 0 Å². The monoisotopic (exact) mass is 199 g/mol. The molecule has 0 atom stereocenters. The van der Waals surface area contributed by atoms with Crippen molar-refractivity contribution >= 4 is 11.9 Å². The van der Waals surface area contributed by atoms with Crippen molar-refractivity contribution in [1.82, 2.24) is 5.32 Å². The van der Waals surface area contributed by atoms with E-state index in [2.05, 4.69) is 5.32 Å². The van der Waals surface area contributed by atoms with E-state index in [1.165, 1.54) is 6.08 Å². The standard InChI is InChI=1S/C10H17NO3/c1-8(2)7-9(12)11-6-4-3-5-10(13)14/h7H,3-6H2,1-2H3,(H,11,12)(H,13,14). The van der Waals surface area contributed by atoms with Crippen LogP contribution in [0.25, 0.3) is 0 Å². The van der Waals surface area contributed by atoms with Gasteiger partial charge in [-0.2, -0.15) is 0 Å². The van der Waals surface area contributed by atoms with E-state index >= 15 is 0 Å². The number of nitrogens with one attached hydrogen (secondary N) is 1. The number of carboxylic acids is 1. The van der Waals surface area contributed by atoms with Gasteiger partial charge in [0.05, 0.1) is 0 Å². The average Bonchev–Trinajstić information content (AvgIpc) is 2.01. The highest BCUT2D eigenvalue weighted by molar-refractivity contribution is 5.87. The molecule has 0 aromatic rings. The van der Waals surface area contributed by atoms with Crippen LogP contribution in [0.5, 0.6) is 0 Å². The molecule has 4 heteroatoms. The molecular formula is C10H17NO3. The number of allylic oxidation sites excluding steroid dienone is 1. The molecule has 0 aliphatic carbocycles. The second kappa shape index (κ2) is 7.12. The Bertz CT molecular complexity index is 230. The lowest BCUT2D eigenvalue weighted by Crippen LogP contribution is -2.22. The second-order valence-electron chi connectivity index (χ2n) is 3.36. The van der Waals surface area contributed by atoms with Gasteiger partial charge in [0.2, 0.25) is 5.91 Å². The number of amides is 1. The molecule has 0 saturated heterocycles. The second-order valence-corrected chi connectivity index (χ2v) is 3.36. The molecule has 0 aromatic heterocycles. The van der Waals surface area contributed by atoms with Gasteiger partial charge in [0, 0.05) is 19.0 Å². The summed E-state index contributed by atoms with van der Waals surface area (Å²) in [6, 6.07) is 0. The van der Waals surface area contributed by atoms with Crippen molar-refractivity contribution in [2.45, 2.75) is 33.1 Å². The van der Waals surface area contributed by atoms with E-state index < -0.39 is 5.97 Å². The van der Waals surface area contributed by atoms with Gasteiger partial charge in [0.15, 0.2) is 0 Å². The first kappa shape index (κ1) is 12.7. The highest BCUT2D eigenvalue weighted by Crippen LogP contribution is 1.94. The van der Waals surface area contributed by atoms with Crippen LogP contribution in [0, 0.1) is 0 Å². The molecule has 0 heterocycles. The molecule has 14 heavy (non-hydrogen) atoms. The molecule has 0 bridgehead atoms. The molecule has 0 saturated carbocycles. The fourth-order valence-corrected chi connectivity index (χ4v) is 0.926. The van der Waals surface area contributed by atoms with Crippen LogP contribution in [-0.4, -0.2) is 23.5 Å². The molecule has 4 nitrogen and oxygen atoms in total. The zero-order valence-corrected chi connectivity index (χ0v) is 8.67. The first-order valence-corrected chi connectivity index (χ1v) is 4.67. The first-order chi connectivity index (χ1) is 6.52. The third-order valence-corrected chi connectivity index (χ3v) is 1.54. The minimum absolute atomic E-state index is 0.111. The average molecular weight is 199 g/mol. The maximum absolute atomic E-state index is 11.0. The summed E-state index contributed by atoms with van der Waals surface area (Å²) in [7, 11) is 0. The highest BCUT2D eigenvalue weighted by atomic mass is 16.4. The Morgan fingerprint density at radius 2 is 1.93 bits per heavy atom. The normalized spacial score (nSPS) is 9.29. The molecule has 0 aromatic carbocycles. The predicted octanol–water partition coefficient (Wildman–Crippen LogP) is 1.32. The molecular weight excluding hydrogens is 182 g/mol. The van der Waals surface area contributed by atoms with Crippen molar-refractivity contribution in [2.24, 2.45) is 0 Å². The topological polar surface area (TPSA) is 66.4 Å². The fourth-order valence-electron chi connectivity index (χ4n) is 0.926. The van der Waals surface area contributed by atoms with Gasteiger partial charge >= 0.3 is 5.97 Å². The zero-order chi connectivity index (χ0) is 11.0. The highest BCUT2D eigenvalue weighted by Gasteiger charge is 1.98. The number of aliphatic carboxylic acids is 1. The van der Waals surface area contributed by atoms with E-state index in [0.29, 0.717) is 19.4 Å². The van der Waals surface area contributed by atoms with E-state index in [1.807, 2.05) is 13.8 Å². The molecule has 0 unspecified atom stereocenters. The van der Waals surface area contributed by atoms with Crippen LogP contribution in [-0.2, 0) is 9.59 Å². The first-order valence-electron chi connectivity index (χ1n) is 4.67. The summed E-state index contributed by atoms with van der Waals surface area (Å²) in [6.45, 7) is 4.24. The number of carbonyl (C=O) groups is 2. The third-order valence-electron chi connectivity index (χ3n) is 1.54. The molecule has 0 radical (unpaired) electrons. The SMILES string of the molecule is CC(C)=CC(=O)NCCCCC(=O)O. The number of carbonyl (C=O) groups excluding carboxylic acids is 1. The Morgan fingerprint density at radius 3 is 2.43 bits per heavy atom. The summed E-state index contributed by atoms with van der Waals surface area (Å²) in [5.74, 6) is -0.902. The van der Waals surface area contributed by atoms with Gasteiger partial charge in [-0.3, -0.25) is 9.59 Å². The Hall–Kier alpha value is -1.32. The van der Waals surface area contributed by atoms with E-state index in [4.69, 9.17) is 5.11 Å². The molecule has 0 fully saturated rings. The Labute approximate surface area is 84.0 Å². The van der Waals surface area contributed by atoms with E-state index in [0.717, 1.165) is 5.57 Å². The molecule has 0 aliphatic rings. The molecule has 2 N–H and O–H groups in total. The molecule has 1 amide bonds. The Morgan fingerprint density at radius 1 is 1.29 bits per heavy atom. The summed E-state index contributed by atoms with van der Waals surface area (Å²) in [5.41, 5.74) is 0.952. The van der Waals surface area contributed by atoms with Crippen LogP contribution in [0.15, 0.2) is 11.6 Å². The molecule has 0 spiro atoms. The van der Waals surface area contributed by atoms with Crippen molar-refractivity contribution in [2.75, 3.05) is 6.54 Å². The maximum atomic E-state index is 11.0. The lowest BCUT2D eigenvalue weighted by atomic mass is 10.2. The largest absolute Gasteiger partial charge is 0.481 e. The van der Waals surface area contributed by atoms with Crippen LogP contribution >= 0.6 is 0 Å². The molecule has 80 valence electrons. The number of hydrogen-bond acceptors (Lipinski definition) is 2. The van der Waals surface area contributed by atoms with Crippen molar-refractivity contribution in [1.29, 1.82) is 0 Å². The van der Waals surface area contributed by atoms with E-state index in [-0.39, 0.29) is 12.3 Å². The van der Waals surface area contributed by atoms with Crippen LogP contribution in [0.2, 0.25) is 0 Å². The van der Waals surface area contributed by atoms with Gasteiger partial charge in [-0.25, -0.2) is 0 Å². The fraction of sp³-hybridized carbons (Fsp3) is 0.600. The zero-order valence-electron chi connectivity index (χ0n) is 8.67. The molecule has 0 rings (SSSR count). The van der Waals surface area contributed by atoms with Crippen molar-refractivity contribution in [3.63, 3.8) is 0 Å².